The summed E-state index contributed by atoms with van der Waals surface area (Å²) in [7, 11) is 0. The van der Waals surface area contributed by atoms with Crippen LogP contribution in [-0.2, 0) is 4.79 Å². The van der Waals surface area contributed by atoms with Crippen molar-refractivity contribution in [2.45, 2.75) is 6.04 Å². The number of anilines is 2. The lowest BCUT2D eigenvalue weighted by atomic mass is 10.0. The molecule has 1 atom stereocenters. The first kappa shape index (κ1) is 21.0. The van der Waals surface area contributed by atoms with E-state index < -0.39 is 6.04 Å². The molecule has 0 aliphatic carbocycles. The first-order valence-corrected chi connectivity index (χ1v) is 11.0. The average molecular weight is 461 g/mol. The summed E-state index contributed by atoms with van der Waals surface area (Å²) in [5, 5.41) is 6.34. The third-order valence-electron chi connectivity index (χ3n) is 5.94. The number of fused-ring (bicyclic) bond motifs is 2. The minimum Gasteiger partial charge on any atom is -0.323 e. The minimum absolute atomic E-state index is 0.119. The fourth-order valence-corrected chi connectivity index (χ4v) is 4.31. The number of piperazine rings is 1. The van der Waals surface area contributed by atoms with E-state index in [4.69, 9.17) is 11.6 Å². The van der Waals surface area contributed by atoms with Gasteiger partial charge < -0.3 is 20.4 Å². The molecule has 0 radical (unpaired) electrons. The summed E-state index contributed by atoms with van der Waals surface area (Å²) in [6.07, 6.45) is 0. The highest BCUT2D eigenvalue weighted by Gasteiger charge is 2.40. The number of carbonyl (C=O) groups excluding carboxylic acids is 3. The van der Waals surface area contributed by atoms with Crippen molar-refractivity contribution in [3.63, 3.8) is 0 Å². The van der Waals surface area contributed by atoms with Crippen LogP contribution in [0.1, 0.15) is 10.4 Å². The second-order valence-corrected chi connectivity index (χ2v) is 8.45. The highest BCUT2D eigenvalue weighted by Crippen LogP contribution is 2.30. The van der Waals surface area contributed by atoms with E-state index in [2.05, 4.69) is 10.6 Å². The van der Waals surface area contributed by atoms with Gasteiger partial charge in [0.1, 0.15) is 6.04 Å². The van der Waals surface area contributed by atoms with Gasteiger partial charge in [0, 0.05) is 23.8 Å². The largest absolute Gasteiger partial charge is 0.323 e. The zero-order valence-corrected chi connectivity index (χ0v) is 18.4. The number of rotatable bonds is 2. The Balaban J connectivity index is 1.38. The van der Waals surface area contributed by atoms with Crippen molar-refractivity contribution in [1.82, 2.24) is 9.80 Å². The van der Waals surface area contributed by atoms with E-state index in [1.165, 1.54) is 0 Å². The summed E-state index contributed by atoms with van der Waals surface area (Å²) in [6.45, 7) is 0.721. The van der Waals surface area contributed by atoms with Crippen LogP contribution in [0.4, 0.5) is 16.2 Å². The molecule has 8 heteroatoms. The zero-order chi connectivity index (χ0) is 22.9. The molecular weight excluding hydrogens is 440 g/mol. The minimum atomic E-state index is -0.765. The summed E-state index contributed by atoms with van der Waals surface area (Å²) < 4.78 is 0. The van der Waals surface area contributed by atoms with Gasteiger partial charge in [-0.25, -0.2) is 4.79 Å². The molecule has 0 saturated carbocycles. The van der Waals surface area contributed by atoms with Crippen molar-refractivity contribution in [3.05, 3.63) is 83.4 Å². The molecule has 33 heavy (non-hydrogen) atoms. The Morgan fingerprint density at radius 3 is 2.42 bits per heavy atom. The number of carbonyl (C=O) groups is 3. The van der Waals surface area contributed by atoms with Crippen LogP contribution in [-0.4, -0.2) is 53.3 Å². The molecule has 166 valence electrons. The Labute approximate surface area is 195 Å². The molecule has 1 fully saturated rings. The lowest BCUT2D eigenvalue weighted by molar-refractivity contribution is -0.121. The Morgan fingerprint density at radius 2 is 1.67 bits per heavy atom. The molecule has 1 unspecified atom stereocenters. The lowest BCUT2D eigenvalue weighted by Gasteiger charge is -2.39. The van der Waals surface area contributed by atoms with Crippen LogP contribution < -0.4 is 10.6 Å². The number of nitrogens with one attached hydrogen (secondary N) is 2. The molecule has 2 heterocycles. The summed E-state index contributed by atoms with van der Waals surface area (Å²) in [6, 6.07) is 20.8. The molecule has 0 aromatic heterocycles. The van der Waals surface area contributed by atoms with Crippen molar-refractivity contribution in [1.29, 1.82) is 0 Å². The van der Waals surface area contributed by atoms with Gasteiger partial charge in [0.15, 0.2) is 0 Å². The number of nitrogens with zero attached hydrogens (tertiary/aromatic N) is 2. The van der Waals surface area contributed by atoms with Crippen LogP contribution >= 0.6 is 11.6 Å². The molecule has 2 aliphatic heterocycles. The number of para-hydroxylation sites is 1. The van der Waals surface area contributed by atoms with Gasteiger partial charge in [-0.2, -0.15) is 0 Å². The monoisotopic (exact) mass is 460 g/mol. The van der Waals surface area contributed by atoms with Crippen LogP contribution in [0.25, 0.3) is 11.1 Å². The lowest BCUT2D eigenvalue weighted by Crippen LogP contribution is -2.60. The van der Waals surface area contributed by atoms with Gasteiger partial charge in [0.05, 0.1) is 17.8 Å². The van der Waals surface area contributed by atoms with Crippen molar-refractivity contribution >= 4 is 40.8 Å². The second kappa shape index (κ2) is 8.60. The van der Waals surface area contributed by atoms with Gasteiger partial charge in [-0.05, 0) is 47.5 Å². The quantitative estimate of drug-likeness (QED) is 0.597. The predicted octanol–water partition coefficient (Wildman–Crippen LogP) is 4.32. The number of benzene rings is 3. The fraction of sp³-hybridized carbons (Fsp3) is 0.160. The first-order chi connectivity index (χ1) is 16.0. The molecule has 4 amide bonds. The number of urea groups is 1. The van der Waals surface area contributed by atoms with Gasteiger partial charge in [0.2, 0.25) is 5.91 Å². The number of hydrogen-bond acceptors (Lipinski definition) is 3. The Hall–Kier alpha value is -3.84. The van der Waals surface area contributed by atoms with Crippen LogP contribution in [0.5, 0.6) is 0 Å². The van der Waals surface area contributed by atoms with Crippen LogP contribution in [0, 0.1) is 0 Å². The molecule has 2 N–H and O–H groups in total. The zero-order valence-electron chi connectivity index (χ0n) is 17.6. The van der Waals surface area contributed by atoms with Crippen LogP contribution in [0.2, 0.25) is 5.02 Å². The van der Waals surface area contributed by atoms with E-state index in [1.807, 2.05) is 36.4 Å². The smallest absolute Gasteiger partial charge is 0.321 e. The van der Waals surface area contributed by atoms with Gasteiger partial charge in [0.25, 0.3) is 5.91 Å². The molecule has 2 aliphatic rings. The summed E-state index contributed by atoms with van der Waals surface area (Å²) in [4.78, 5) is 42.3. The fourth-order valence-electron chi connectivity index (χ4n) is 4.18. The van der Waals surface area contributed by atoms with Crippen molar-refractivity contribution < 1.29 is 14.4 Å². The van der Waals surface area contributed by atoms with Crippen molar-refractivity contribution in [2.24, 2.45) is 0 Å². The van der Waals surface area contributed by atoms with Gasteiger partial charge in [-0.1, -0.05) is 48.0 Å². The van der Waals surface area contributed by atoms with Gasteiger partial charge in [-0.3, -0.25) is 9.59 Å². The number of halogens is 1. The maximum atomic E-state index is 13.4. The first-order valence-electron chi connectivity index (χ1n) is 10.6. The third-order valence-corrected chi connectivity index (χ3v) is 6.19. The highest BCUT2D eigenvalue weighted by molar-refractivity contribution is 6.30. The van der Waals surface area contributed by atoms with Gasteiger partial charge in [-0.15, -0.1) is 0 Å². The summed E-state index contributed by atoms with van der Waals surface area (Å²) in [5.41, 5.74) is 3.35. The van der Waals surface area contributed by atoms with E-state index in [0.29, 0.717) is 28.5 Å². The Bertz CT molecular complexity index is 1230. The van der Waals surface area contributed by atoms with E-state index in [-0.39, 0.29) is 30.9 Å². The third kappa shape index (κ3) is 4.15. The van der Waals surface area contributed by atoms with Crippen molar-refractivity contribution in [3.8, 4) is 11.1 Å². The van der Waals surface area contributed by atoms with Crippen LogP contribution in [0.3, 0.4) is 0 Å². The normalized spacial score (nSPS) is 17.5. The molecule has 5 rings (SSSR count). The van der Waals surface area contributed by atoms with E-state index >= 15 is 0 Å². The summed E-state index contributed by atoms with van der Waals surface area (Å²) >= 11 is 5.99. The maximum absolute atomic E-state index is 13.4. The Kier molecular flexibility index (Phi) is 5.48. The van der Waals surface area contributed by atoms with E-state index in [1.54, 1.807) is 46.2 Å². The van der Waals surface area contributed by atoms with Crippen molar-refractivity contribution in [2.75, 3.05) is 30.3 Å². The maximum Gasteiger partial charge on any atom is 0.321 e. The number of hydrogen-bond donors (Lipinski definition) is 2. The van der Waals surface area contributed by atoms with E-state index in [0.717, 1.165) is 11.1 Å². The molecule has 0 bridgehead atoms. The SMILES string of the molecule is O=C1Nc2ccc(-c3ccc(Cl)cc3)cc2C(=O)N2CCN(C(=O)Nc3ccccc3)CC12. The van der Waals surface area contributed by atoms with E-state index in [9.17, 15) is 14.4 Å². The highest BCUT2D eigenvalue weighted by atomic mass is 35.5. The summed E-state index contributed by atoms with van der Waals surface area (Å²) in [5.74, 6) is -0.536. The molecule has 1 saturated heterocycles. The topological polar surface area (TPSA) is 81.8 Å². The van der Waals surface area contributed by atoms with Crippen LogP contribution in [0.15, 0.2) is 72.8 Å². The molecule has 0 spiro atoms. The van der Waals surface area contributed by atoms with Gasteiger partial charge >= 0.3 is 6.03 Å². The molecule has 3 aromatic carbocycles. The standard InChI is InChI=1S/C25H21ClN4O3/c26-18-9-6-16(7-10-18)17-8-11-21-20(14-17)24(32)30-13-12-29(15-22(30)23(31)28-21)25(33)27-19-4-2-1-3-5-19/h1-11,14,22H,12-13,15H2,(H,27,33)(H,28,31). The number of amides is 4. The average Bonchev–Trinajstić information content (AvgIpc) is 2.94. The second-order valence-electron chi connectivity index (χ2n) is 8.01. The molecule has 7 nitrogen and oxygen atoms in total. The molecule has 3 aromatic rings. The Morgan fingerprint density at radius 1 is 0.939 bits per heavy atom. The predicted molar refractivity (Wildman–Crippen MR) is 127 cm³/mol. The molecular formula is C25H21ClN4O3.